The van der Waals surface area contributed by atoms with Gasteiger partial charge < -0.3 is 9.84 Å². The lowest BCUT2D eigenvalue weighted by molar-refractivity contribution is 0.0617. The lowest BCUT2D eigenvalue weighted by Gasteiger charge is -2.08. The fourth-order valence-corrected chi connectivity index (χ4v) is 1.77. The second kappa shape index (κ2) is 6.57. The molecule has 0 aliphatic heterocycles. The van der Waals surface area contributed by atoms with Crippen LogP contribution in [0.4, 0.5) is 0 Å². The quantitative estimate of drug-likeness (QED) is 0.679. The molecule has 0 radical (unpaired) electrons. The minimum absolute atomic E-state index is 0.122. The van der Waals surface area contributed by atoms with Gasteiger partial charge in [0.2, 0.25) is 0 Å². The summed E-state index contributed by atoms with van der Waals surface area (Å²) in [7, 11) is 0. The zero-order valence-corrected chi connectivity index (χ0v) is 11.2. The first-order valence-electron chi connectivity index (χ1n) is 6.39. The van der Waals surface area contributed by atoms with Crippen LogP contribution >= 0.6 is 0 Å². The Morgan fingerprint density at radius 1 is 1.10 bits per heavy atom. The first-order chi connectivity index (χ1) is 9.69. The molecule has 0 aliphatic carbocycles. The molecule has 0 saturated carbocycles. The lowest BCUT2D eigenvalue weighted by atomic mass is 10.1. The molecule has 0 aromatic heterocycles. The van der Waals surface area contributed by atoms with Gasteiger partial charge in [-0.1, -0.05) is 30.3 Å². The molecular weight excluding hydrogens is 252 g/mol. The van der Waals surface area contributed by atoms with Crippen LogP contribution in [-0.4, -0.2) is 11.1 Å². The van der Waals surface area contributed by atoms with Crippen molar-refractivity contribution in [3.63, 3.8) is 0 Å². The van der Waals surface area contributed by atoms with Crippen molar-refractivity contribution >= 4 is 5.97 Å². The maximum atomic E-state index is 12.0. The molecule has 0 bridgehead atoms. The maximum Gasteiger partial charge on any atom is 0.343 e. The second-order valence-corrected chi connectivity index (χ2v) is 4.35. The minimum Gasteiger partial charge on any atom is -0.508 e. The molecule has 20 heavy (non-hydrogen) atoms. The van der Waals surface area contributed by atoms with E-state index in [1.807, 2.05) is 37.3 Å². The van der Waals surface area contributed by atoms with Crippen LogP contribution in [0.3, 0.4) is 0 Å². The van der Waals surface area contributed by atoms with Crippen LogP contribution in [-0.2, 0) is 11.2 Å². The van der Waals surface area contributed by atoms with Gasteiger partial charge in [-0.15, -0.1) is 0 Å². The third kappa shape index (κ3) is 3.72. The predicted octanol–water partition coefficient (Wildman–Crippen LogP) is 3.70. The average Bonchev–Trinajstić information content (AvgIpc) is 2.48. The molecule has 3 heteroatoms. The highest BCUT2D eigenvalue weighted by atomic mass is 16.5. The summed E-state index contributed by atoms with van der Waals surface area (Å²) in [5.41, 5.74) is 1.49. The van der Waals surface area contributed by atoms with Crippen molar-refractivity contribution < 1.29 is 14.6 Å². The summed E-state index contributed by atoms with van der Waals surface area (Å²) in [5.74, 6) is 0.306. The largest absolute Gasteiger partial charge is 0.508 e. The maximum absolute atomic E-state index is 12.0. The highest BCUT2D eigenvalue weighted by Gasteiger charge is 2.10. The summed E-state index contributed by atoms with van der Waals surface area (Å²) in [6.45, 7) is 1.84. The van der Waals surface area contributed by atoms with Gasteiger partial charge >= 0.3 is 5.97 Å². The molecule has 0 fully saturated rings. The molecule has 0 saturated heterocycles. The van der Waals surface area contributed by atoms with Crippen LogP contribution < -0.4 is 0 Å². The van der Waals surface area contributed by atoms with Crippen molar-refractivity contribution in [2.45, 2.75) is 13.3 Å². The van der Waals surface area contributed by atoms with Gasteiger partial charge in [-0.05, 0) is 42.8 Å². The van der Waals surface area contributed by atoms with Crippen molar-refractivity contribution in [3.05, 3.63) is 77.6 Å². The van der Waals surface area contributed by atoms with E-state index in [4.69, 9.17) is 4.74 Å². The van der Waals surface area contributed by atoms with E-state index in [1.54, 1.807) is 6.08 Å². The van der Waals surface area contributed by atoms with Gasteiger partial charge in [0.15, 0.2) is 0 Å². The molecule has 102 valence electrons. The van der Waals surface area contributed by atoms with Crippen LogP contribution in [0, 0.1) is 0 Å². The number of carbonyl (C=O) groups is 1. The zero-order valence-electron chi connectivity index (χ0n) is 11.2. The number of hydrogen-bond acceptors (Lipinski definition) is 3. The Morgan fingerprint density at radius 2 is 1.75 bits per heavy atom. The van der Waals surface area contributed by atoms with E-state index in [9.17, 15) is 9.90 Å². The van der Waals surface area contributed by atoms with E-state index >= 15 is 0 Å². The Bertz CT molecular complexity index is 598. The first-order valence-corrected chi connectivity index (χ1v) is 6.39. The molecule has 2 rings (SSSR count). The molecule has 3 nitrogen and oxygen atoms in total. The molecule has 2 aromatic rings. The van der Waals surface area contributed by atoms with Gasteiger partial charge in [0, 0.05) is 6.42 Å². The third-order valence-corrected chi connectivity index (χ3v) is 2.87. The van der Waals surface area contributed by atoms with Gasteiger partial charge in [0.05, 0.1) is 5.56 Å². The zero-order chi connectivity index (χ0) is 14.4. The van der Waals surface area contributed by atoms with Crippen molar-refractivity contribution in [2.75, 3.05) is 0 Å². The Labute approximate surface area is 118 Å². The molecular formula is C17H16O3. The lowest BCUT2D eigenvalue weighted by Crippen LogP contribution is -2.06. The SMILES string of the molecule is CC=C(Cc1ccccc1)OC(=O)c1ccc(O)cc1. The van der Waals surface area contributed by atoms with Crippen LogP contribution in [0.2, 0.25) is 0 Å². The molecule has 2 aromatic carbocycles. The Kier molecular flexibility index (Phi) is 4.56. The standard InChI is InChI=1S/C17H16O3/c1-2-16(12-13-6-4-3-5-7-13)20-17(19)14-8-10-15(18)11-9-14/h2-11,18H,12H2,1H3. The highest BCUT2D eigenvalue weighted by Crippen LogP contribution is 2.14. The average molecular weight is 268 g/mol. The van der Waals surface area contributed by atoms with Crippen molar-refractivity contribution in [1.29, 1.82) is 0 Å². The van der Waals surface area contributed by atoms with Crippen LogP contribution in [0.1, 0.15) is 22.8 Å². The van der Waals surface area contributed by atoms with Gasteiger partial charge in [-0.25, -0.2) is 4.79 Å². The number of ether oxygens (including phenoxy) is 1. The number of phenolic OH excluding ortho intramolecular Hbond substituents is 1. The monoisotopic (exact) mass is 268 g/mol. The van der Waals surface area contributed by atoms with Crippen molar-refractivity contribution in [2.24, 2.45) is 0 Å². The van der Waals surface area contributed by atoms with E-state index < -0.39 is 5.97 Å². The molecule has 0 unspecified atom stereocenters. The van der Waals surface area contributed by atoms with Gasteiger partial charge in [-0.3, -0.25) is 0 Å². The smallest absolute Gasteiger partial charge is 0.343 e. The van der Waals surface area contributed by atoms with Gasteiger partial charge in [-0.2, -0.15) is 0 Å². The molecule has 0 spiro atoms. The summed E-state index contributed by atoms with van der Waals surface area (Å²) in [5, 5.41) is 9.20. The van der Waals surface area contributed by atoms with E-state index in [0.717, 1.165) is 5.56 Å². The number of allylic oxidation sites excluding steroid dienone is 2. The minimum atomic E-state index is -0.422. The third-order valence-electron chi connectivity index (χ3n) is 2.87. The van der Waals surface area contributed by atoms with E-state index in [0.29, 0.717) is 17.7 Å². The summed E-state index contributed by atoms with van der Waals surface area (Å²) < 4.78 is 5.37. The molecule has 0 amide bonds. The number of rotatable bonds is 4. The predicted molar refractivity (Wildman–Crippen MR) is 77.4 cm³/mol. The van der Waals surface area contributed by atoms with Crippen LogP contribution in [0.15, 0.2) is 66.4 Å². The summed E-state index contributed by atoms with van der Waals surface area (Å²) in [6.07, 6.45) is 2.35. The van der Waals surface area contributed by atoms with Crippen molar-refractivity contribution in [3.8, 4) is 5.75 Å². The van der Waals surface area contributed by atoms with Crippen LogP contribution in [0.25, 0.3) is 0 Å². The Hall–Kier alpha value is -2.55. The van der Waals surface area contributed by atoms with Gasteiger partial charge in [0.1, 0.15) is 11.5 Å². The van der Waals surface area contributed by atoms with Crippen molar-refractivity contribution in [1.82, 2.24) is 0 Å². The van der Waals surface area contributed by atoms with Crippen LogP contribution in [0.5, 0.6) is 5.75 Å². The molecule has 0 heterocycles. The fourth-order valence-electron chi connectivity index (χ4n) is 1.77. The van der Waals surface area contributed by atoms with E-state index in [-0.39, 0.29) is 5.75 Å². The number of phenols is 1. The highest BCUT2D eigenvalue weighted by molar-refractivity contribution is 5.90. The fraction of sp³-hybridized carbons (Fsp3) is 0.118. The summed E-state index contributed by atoms with van der Waals surface area (Å²) in [4.78, 5) is 12.0. The second-order valence-electron chi connectivity index (χ2n) is 4.35. The first kappa shape index (κ1) is 13.9. The summed E-state index contributed by atoms with van der Waals surface area (Å²) in [6, 6.07) is 15.8. The van der Waals surface area contributed by atoms with E-state index in [2.05, 4.69) is 0 Å². The normalized spacial score (nSPS) is 11.2. The topological polar surface area (TPSA) is 46.5 Å². The Balaban J connectivity index is 2.03. The molecule has 1 N–H and O–H groups in total. The molecule has 0 aliphatic rings. The number of aromatic hydroxyl groups is 1. The number of benzene rings is 2. The van der Waals surface area contributed by atoms with Gasteiger partial charge in [0.25, 0.3) is 0 Å². The summed E-state index contributed by atoms with van der Waals surface area (Å²) >= 11 is 0. The Morgan fingerprint density at radius 3 is 2.35 bits per heavy atom. The number of carbonyl (C=O) groups excluding carboxylic acids is 1. The number of esters is 1. The number of hydrogen-bond donors (Lipinski definition) is 1. The molecule has 0 atom stereocenters. The van der Waals surface area contributed by atoms with E-state index in [1.165, 1.54) is 24.3 Å².